The number of aromatic nitrogens is 1. The zero-order valence-corrected chi connectivity index (χ0v) is 16.2. The third kappa shape index (κ3) is 5.30. The zero-order chi connectivity index (χ0) is 20.7. The molecule has 0 spiro atoms. The molecule has 1 aromatic carbocycles. The highest BCUT2D eigenvalue weighted by Crippen LogP contribution is 2.15. The van der Waals surface area contributed by atoms with Gasteiger partial charge < -0.3 is 14.6 Å². The molecule has 0 unspecified atom stereocenters. The third-order valence-electron chi connectivity index (χ3n) is 4.54. The minimum atomic E-state index is -0.509. The summed E-state index contributed by atoms with van der Waals surface area (Å²) < 4.78 is 5.08. The van der Waals surface area contributed by atoms with Gasteiger partial charge in [-0.05, 0) is 37.0 Å². The van der Waals surface area contributed by atoms with Crippen molar-refractivity contribution in [3.05, 3.63) is 68.6 Å². The molecule has 1 heterocycles. The number of pyridine rings is 1. The quantitative estimate of drug-likeness (QED) is 0.739. The SMILES string of the molecule is Cc1[nH]c(=O)c(C#N)c(C)c1CCC(=O)OCC(=O)N(C)Cc1ccccc1. The molecule has 28 heavy (non-hydrogen) atoms. The number of ether oxygens (including phenoxy) is 1. The van der Waals surface area contributed by atoms with Gasteiger partial charge in [0.1, 0.15) is 11.6 Å². The fourth-order valence-electron chi connectivity index (χ4n) is 2.92. The summed E-state index contributed by atoms with van der Waals surface area (Å²) in [5, 5.41) is 9.09. The molecule has 0 atom stereocenters. The summed E-state index contributed by atoms with van der Waals surface area (Å²) in [5.41, 5.74) is 2.52. The van der Waals surface area contributed by atoms with Gasteiger partial charge in [0.25, 0.3) is 11.5 Å². The molecule has 0 saturated carbocycles. The number of H-pyrrole nitrogens is 1. The number of nitriles is 1. The lowest BCUT2D eigenvalue weighted by atomic mass is 9.99. The van der Waals surface area contributed by atoms with Crippen LogP contribution in [0.3, 0.4) is 0 Å². The van der Waals surface area contributed by atoms with Gasteiger partial charge in [0.05, 0.1) is 0 Å². The van der Waals surface area contributed by atoms with Gasteiger partial charge in [-0.1, -0.05) is 30.3 Å². The van der Waals surface area contributed by atoms with Crippen LogP contribution in [0.4, 0.5) is 0 Å². The van der Waals surface area contributed by atoms with E-state index in [1.807, 2.05) is 36.4 Å². The van der Waals surface area contributed by atoms with Crippen molar-refractivity contribution in [1.29, 1.82) is 5.26 Å². The second kappa shape index (κ2) is 9.51. The normalized spacial score (nSPS) is 10.2. The Morgan fingerprint density at radius 1 is 1.21 bits per heavy atom. The Balaban J connectivity index is 1.87. The molecule has 0 radical (unpaired) electrons. The Morgan fingerprint density at radius 2 is 1.89 bits per heavy atom. The maximum absolute atomic E-state index is 12.1. The van der Waals surface area contributed by atoms with E-state index in [0.717, 1.165) is 11.1 Å². The lowest BCUT2D eigenvalue weighted by Crippen LogP contribution is -2.30. The first-order valence-corrected chi connectivity index (χ1v) is 8.89. The summed E-state index contributed by atoms with van der Waals surface area (Å²) in [5.74, 6) is -0.801. The van der Waals surface area contributed by atoms with E-state index < -0.39 is 11.5 Å². The molecule has 0 saturated heterocycles. The van der Waals surface area contributed by atoms with Gasteiger partial charge in [-0.15, -0.1) is 0 Å². The van der Waals surface area contributed by atoms with E-state index in [2.05, 4.69) is 4.98 Å². The number of rotatable bonds is 7. The number of aromatic amines is 1. The van der Waals surface area contributed by atoms with Crippen LogP contribution in [0.5, 0.6) is 0 Å². The van der Waals surface area contributed by atoms with Crippen molar-refractivity contribution in [3.63, 3.8) is 0 Å². The molecule has 0 aliphatic carbocycles. The largest absolute Gasteiger partial charge is 0.456 e. The fraction of sp³-hybridized carbons (Fsp3) is 0.333. The van der Waals surface area contributed by atoms with Crippen LogP contribution in [0.1, 0.15) is 34.4 Å². The van der Waals surface area contributed by atoms with E-state index in [4.69, 9.17) is 10.00 Å². The maximum atomic E-state index is 12.1. The molecule has 2 rings (SSSR count). The van der Waals surface area contributed by atoms with Crippen LogP contribution in [0, 0.1) is 25.2 Å². The predicted molar refractivity (Wildman–Crippen MR) is 103 cm³/mol. The van der Waals surface area contributed by atoms with Crippen LogP contribution in [-0.2, 0) is 27.3 Å². The Labute approximate surface area is 163 Å². The Morgan fingerprint density at radius 3 is 2.54 bits per heavy atom. The van der Waals surface area contributed by atoms with Crippen molar-refractivity contribution in [1.82, 2.24) is 9.88 Å². The number of hydrogen-bond acceptors (Lipinski definition) is 5. The second-order valence-electron chi connectivity index (χ2n) is 6.57. The smallest absolute Gasteiger partial charge is 0.306 e. The summed E-state index contributed by atoms with van der Waals surface area (Å²) in [6.07, 6.45) is 0.365. The Hall–Kier alpha value is -3.40. The van der Waals surface area contributed by atoms with E-state index in [0.29, 0.717) is 24.2 Å². The van der Waals surface area contributed by atoms with E-state index in [9.17, 15) is 14.4 Å². The summed E-state index contributed by atoms with van der Waals surface area (Å²) >= 11 is 0. The van der Waals surface area contributed by atoms with Crippen molar-refractivity contribution < 1.29 is 14.3 Å². The lowest BCUT2D eigenvalue weighted by molar-refractivity contribution is -0.151. The summed E-state index contributed by atoms with van der Waals surface area (Å²) in [6.45, 7) is 3.51. The van der Waals surface area contributed by atoms with Gasteiger partial charge >= 0.3 is 5.97 Å². The van der Waals surface area contributed by atoms with Crippen molar-refractivity contribution in [2.45, 2.75) is 33.2 Å². The first-order valence-electron chi connectivity index (χ1n) is 8.89. The fourth-order valence-corrected chi connectivity index (χ4v) is 2.92. The molecule has 146 valence electrons. The summed E-state index contributed by atoms with van der Waals surface area (Å²) in [7, 11) is 1.65. The summed E-state index contributed by atoms with van der Waals surface area (Å²) in [6, 6.07) is 11.4. The number of hydrogen-bond donors (Lipinski definition) is 1. The molecule has 2 aromatic rings. The average Bonchev–Trinajstić information content (AvgIpc) is 2.66. The number of aryl methyl sites for hydroxylation is 1. The van der Waals surface area contributed by atoms with E-state index in [1.54, 1.807) is 20.9 Å². The van der Waals surface area contributed by atoms with Crippen LogP contribution in [0.25, 0.3) is 0 Å². The molecular weight excluding hydrogens is 358 g/mol. The number of benzene rings is 1. The van der Waals surface area contributed by atoms with Crippen LogP contribution < -0.4 is 5.56 Å². The first-order chi connectivity index (χ1) is 13.3. The molecule has 7 nitrogen and oxygen atoms in total. The van der Waals surface area contributed by atoms with Crippen LogP contribution in [0.2, 0.25) is 0 Å². The van der Waals surface area contributed by atoms with Crippen LogP contribution in [0.15, 0.2) is 35.1 Å². The van der Waals surface area contributed by atoms with Gasteiger partial charge in [-0.2, -0.15) is 5.26 Å². The van der Waals surface area contributed by atoms with Crippen LogP contribution in [-0.4, -0.2) is 35.4 Å². The van der Waals surface area contributed by atoms with Crippen molar-refractivity contribution >= 4 is 11.9 Å². The average molecular weight is 381 g/mol. The standard InChI is InChI=1S/C21H23N3O4/c1-14-17(15(2)23-21(27)18(14)11-22)9-10-20(26)28-13-19(25)24(3)12-16-7-5-4-6-8-16/h4-8H,9-10,12-13H2,1-3H3,(H,23,27). The molecule has 7 heteroatoms. The number of nitrogens with one attached hydrogen (secondary N) is 1. The van der Waals surface area contributed by atoms with Crippen LogP contribution >= 0.6 is 0 Å². The van der Waals surface area contributed by atoms with Gasteiger partial charge in [0.2, 0.25) is 0 Å². The van der Waals surface area contributed by atoms with Crippen molar-refractivity contribution in [2.75, 3.05) is 13.7 Å². The number of esters is 1. The number of likely N-dealkylation sites (N-methyl/N-ethyl adjacent to an activating group) is 1. The molecule has 0 fully saturated rings. The molecule has 0 aliphatic heterocycles. The van der Waals surface area contributed by atoms with E-state index in [1.165, 1.54) is 4.90 Å². The van der Waals surface area contributed by atoms with Crippen molar-refractivity contribution in [3.8, 4) is 6.07 Å². The minimum absolute atomic E-state index is 0.0479. The number of carbonyl (C=O) groups is 2. The highest BCUT2D eigenvalue weighted by atomic mass is 16.5. The topological polar surface area (TPSA) is 103 Å². The molecule has 0 aliphatic rings. The zero-order valence-electron chi connectivity index (χ0n) is 16.2. The molecule has 1 aromatic heterocycles. The number of amides is 1. The Bertz CT molecular complexity index is 958. The first kappa shape index (κ1) is 20.9. The second-order valence-corrected chi connectivity index (χ2v) is 6.57. The van der Waals surface area contributed by atoms with Gasteiger partial charge in [-0.25, -0.2) is 0 Å². The molecular formula is C21H23N3O4. The van der Waals surface area contributed by atoms with Gasteiger partial charge in [-0.3, -0.25) is 14.4 Å². The Kier molecular flexibility index (Phi) is 7.10. The third-order valence-corrected chi connectivity index (χ3v) is 4.54. The van der Waals surface area contributed by atoms with E-state index in [-0.39, 0.29) is 24.5 Å². The summed E-state index contributed by atoms with van der Waals surface area (Å²) in [4.78, 5) is 40.0. The maximum Gasteiger partial charge on any atom is 0.306 e. The molecule has 1 amide bonds. The molecule has 1 N–H and O–H groups in total. The number of nitrogens with zero attached hydrogens (tertiary/aromatic N) is 2. The van der Waals surface area contributed by atoms with Gasteiger partial charge in [0.15, 0.2) is 6.61 Å². The van der Waals surface area contributed by atoms with E-state index >= 15 is 0 Å². The van der Waals surface area contributed by atoms with Gasteiger partial charge in [0, 0.05) is 25.7 Å². The predicted octanol–water partition coefficient (Wildman–Crippen LogP) is 2.00. The lowest BCUT2D eigenvalue weighted by Gasteiger charge is -2.17. The highest BCUT2D eigenvalue weighted by molar-refractivity contribution is 5.80. The number of carbonyl (C=O) groups excluding carboxylic acids is 2. The highest BCUT2D eigenvalue weighted by Gasteiger charge is 2.16. The monoisotopic (exact) mass is 381 g/mol. The molecule has 0 bridgehead atoms. The van der Waals surface area contributed by atoms with Crippen molar-refractivity contribution in [2.24, 2.45) is 0 Å². The minimum Gasteiger partial charge on any atom is -0.456 e.